The van der Waals surface area contributed by atoms with Gasteiger partial charge in [0.1, 0.15) is 5.69 Å². The fourth-order valence-corrected chi connectivity index (χ4v) is 2.49. The van der Waals surface area contributed by atoms with Gasteiger partial charge < -0.3 is 15.2 Å². The van der Waals surface area contributed by atoms with Gasteiger partial charge in [0.05, 0.1) is 11.1 Å². The first-order valence-corrected chi connectivity index (χ1v) is 6.95. The quantitative estimate of drug-likeness (QED) is 0.604. The van der Waals surface area contributed by atoms with Crippen molar-refractivity contribution >= 4 is 11.6 Å². The molecule has 2 heterocycles. The van der Waals surface area contributed by atoms with E-state index in [0.717, 1.165) is 25.9 Å². The van der Waals surface area contributed by atoms with Crippen molar-refractivity contribution in [3.05, 3.63) is 28.1 Å². The summed E-state index contributed by atoms with van der Waals surface area (Å²) in [6, 6.07) is 1.33. The Morgan fingerprint density at radius 1 is 1.65 bits per heavy atom. The van der Waals surface area contributed by atoms with Crippen LogP contribution in [0.25, 0.3) is 0 Å². The molecule has 0 spiro atoms. The Balaban J connectivity index is 1.92. The van der Waals surface area contributed by atoms with E-state index in [0.29, 0.717) is 24.7 Å². The molecule has 2 N–H and O–H groups in total. The van der Waals surface area contributed by atoms with Crippen molar-refractivity contribution in [2.75, 3.05) is 19.6 Å². The Bertz CT molecular complexity index is 492. The van der Waals surface area contributed by atoms with Gasteiger partial charge in [-0.25, -0.2) is 0 Å². The van der Waals surface area contributed by atoms with Crippen molar-refractivity contribution in [2.45, 2.75) is 26.3 Å². The van der Waals surface area contributed by atoms with Gasteiger partial charge in [-0.3, -0.25) is 14.9 Å². The third kappa shape index (κ3) is 3.36. The summed E-state index contributed by atoms with van der Waals surface area (Å²) >= 11 is 0. The third-order valence-corrected chi connectivity index (χ3v) is 3.67. The summed E-state index contributed by atoms with van der Waals surface area (Å²) in [5.74, 6) is 0.369. The maximum absolute atomic E-state index is 12.1. The van der Waals surface area contributed by atoms with Crippen LogP contribution in [0.5, 0.6) is 0 Å². The molecule has 2 rings (SSSR count). The molecule has 1 aromatic heterocycles. The zero-order valence-corrected chi connectivity index (χ0v) is 11.6. The van der Waals surface area contributed by atoms with E-state index in [9.17, 15) is 14.9 Å². The molecule has 1 atom stereocenters. The van der Waals surface area contributed by atoms with Crippen LogP contribution >= 0.6 is 0 Å². The fraction of sp³-hybridized carbons (Fsp3) is 0.615. The van der Waals surface area contributed by atoms with Crippen LogP contribution < -0.4 is 10.6 Å². The number of rotatable bonds is 6. The highest BCUT2D eigenvalue weighted by Crippen LogP contribution is 2.16. The zero-order chi connectivity index (χ0) is 14.5. The Hall–Kier alpha value is -1.89. The number of amides is 1. The first kappa shape index (κ1) is 14.5. The van der Waals surface area contributed by atoms with Crippen LogP contribution in [0.2, 0.25) is 0 Å². The Kier molecular flexibility index (Phi) is 4.73. The van der Waals surface area contributed by atoms with Crippen molar-refractivity contribution in [3.8, 4) is 0 Å². The Morgan fingerprint density at radius 2 is 2.45 bits per heavy atom. The summed E-state index contributed by atoms with van der Waals surface area (Å²) < 4.78 is 1.60. The zero-order valence-electron chi connectivity index (χ0n) is 11.6. The molecule has 0 bridgehead atoms. The van der Waals surface area contributed by atoms with Crippen LogP contribution in [0, 0.1) is 16.0 Å². The summed E-state index contributed by atoms with van der Waals surface area (Å²) in [6.45, 7) is 5.04. The van der Waals surface area contributed by atoms with Crippen molar-refractivity contribution in [1.29, 1.82) is 0 Å². The monoisotopic (exact) mass is 280 g/mol. The maximum Gasteiger partial charge on any atom is 0.287 e. The first-order valence-electron chi connectivity index (χ1n) is 6.95. The number of carbonyl (C=O) groups excluding carboxylic acids is 1. The van der Waals surface area contributed by atoms with Gasteiger partial charge in [-0.2, -0.15) is 0 Å². The Labute approximate surface area is 117 Å². The summed E-state index contributed by atoms with van der Waals surface area (Å²) in [5.41, 5.74) is 0.306. The van der Waals surface area contributed by atoms with Gasteiger partial charge >= 0.3 is 0 Å². The van der Waals surface area contributed by atoms with Gasteiger partial charge in [0.25, 0.3) is 11.6 Å². The minimum absolute atomic E-state index is 0.0445. The summed E-state index contributed by atoms with van der Waals surface area (Å²) in [5, 5.41) is 16.9. The minimum Gasteiger partial charge on any atom is -0.351 e. The molecular weight excluding hydrogens is 260 g/mol. The molecule has 1 aliphatic heterocycles. The smallest absolute Gasteiger partial charge is 0.287 e. The van der Waals surface area contributed by atoms with Crippen molar-refractivity contribution in [1.82, 2.24) is 15.2 Å². The van der Waals surface area contributed by atoms with E-state index >= 15 is 0 Å². The summed E-state index contributed by atoms with van der Waals surface area (Å²) in [6.07, 6.45) is 3.48. The lowest BCUT2D eigenvalue weighted by molar-refractivity contribution is -0.384. The third-order valence-electron chi connectivity index (χ3n) is 3.67. The van der Waals surface area contributed by atoms with E-state index < -0.39 is 4.92 Å². The van der Waals surface area contributed by atoms with Gasteiger partial charge in [-0.15, -0.1) is 0 Å². The standard InChI is InChI=1S/C13H20N4O3/c1-2-16-9-11(17(19)20)7-12(16)13(18)15-6-4-10-3-5-14-8-10/h7,9-10,14H,2-6,8H2,1H3,(H,15,18). The van der Waals surface area contributed by atoms with Crippen LogP contribution in [0.3, 0.4) is 0 Å². The normalized spacial score (nSPS) is 18.1. The molecule has 1 fully saturated rings. The SMILES string of the molecule is CCn1cc([N+](=O)[O-])cc1C(=O)NCCC1CCNC1. The lowest BCUT2D eigenvalue weighted by Gasteiger charge is -2.10. The number of carbonyl (C=O) groups is 1. The summed E-state index contributed by atoms with van der Waals surface area (Å²) in [4.78, 5) is 22.3. The van der Waals surface area contributed by atoms with Crippen molar-refractivity contribution in [2.24, 2.45) is 5.92 Å². The summed E-state index contributed by atoms with van der Waals surface area (Å²) in [7, 11) is 0. The lowest BCUT2D eigenvalue weighted by Crippen LogP contribution is -2.28. The fourth-order valence-electron chi connectivity index (χ4n) is 2.49. The number of hydrogen-bond acceptors (Lipinski definition) is 4. The van der Waals surface area contributed by atoms with E-state index in [-0.39, 0.29) is 11.6 Å². The number of nitrogens with zero attached hydrogens (tertiary/aromatic N) is 2. The van der Waals surface area contributed by atoms with Crippen LogP contribution in [0.4, 0.5) is 5.69 Å². The molecule has 7 heteroatoms. The molecule has 1 amide bonds. The van der Waals surface area contributed by atoms with Gasteiger partial charge in [0.15, 0.2) is 0 Å². The predicted octanol–water partition coefficient (Wildman–Crippen LogP) is 1.15. The highest BCUT2D eigenvalue weighted by molar-refractivity contribution is 5.93. The molecule has 110 valence electrons. The van der Waals surface area contributed by atoms with E-state index in [1.807, 2.05) is 6.92 Å². The predicted molar refractivity (Wildman–Crippen MR) is 74.7 cm³/mol. The Morgan fingerprint density at radius 3 is 3.05 bits per heavy atom. The molecular formula is C13H20N4O3. The molecule has 1 saturated heterocycles. The van der Waals surface area contributed by atoms with E-state index in [1.54, 1.807) is 4.57 Å². The second kappa shape index (κ2) is 6.51. The van der Waals surface area contributed by atoms with Crippen LogP contribution in [0.15, 0.2) is 12.3 Å². The molecule has 1 aromatic rings. The number of nitro groups is 1. The van der Waals surface area contributed by atoms with Gasteiger partial charge in [0.2, 0.25) is 0 Å². The second-order valence-electron chi connectivity index (χ2n) is 5.03. The van der Waals surface area contributed by atoms with E-state index in [4.69, 9.17) is 0 Å². The van der Waals surface area contributed by atoms with Crippen LogP contribution in [-0.2, 0) is 6.54 Å². The second-order valence-corrected chi connectivity index (χ2v) is 5.03. The molecule has 0 radical (unpaired) electrons. The molecule has 0 aromatic carbocycles. The van der Waals surface area contributed by atoms with Gasteiger partial charge in [-0.1, -0.05) is 0 Å². The molecule has 7 nitrogen and oxygen atoms in total. The highest BCUT2D eigenvalue weighted by Gasteiger charge is 2.19. The highest BCUT2D eigenvalue weighted by atomic mass is 16.6. The molecule has 1 aliphatic rings. The van der Waals surface area contributed by atoms with Gasteiger partial charge in [0, 0.05) is 19.2 Å². The number of nitrogens with one attached hydrogen (secondary N) is 2. The molecule has 0 aliphatic carbocycles. The number of aromatic nitrogens is 1. The van der Waals surface area contributed by atoms with Crippen molar-refractivity contribution < 1.29 is 9.72 Å². The topological polar surface area (TPSA) is 89.2 Å². The van der Waals surface area contributed by atoms with Crippen LogP contribution in [0.1, 0.15) is 30.3 Å². The molecule has 0 saturated carbocycles. The van der Waals surface area contributed by atoms with E-state index in [2.05, 4.69) is 10.6 Å². The lowest BCUT2D eigenvalue weighted by atomic mass is 10.1. The van der Waals surface area contributed by atoms with Crippen molar-refractivity contribution in [3.63, 3.8) is 0 Å². The number of aryl methyl sites for hydroxylation is 1. The minimum atomic E-state index is -0.479. The van der Waals surface area contributed by atoms with E-state index in [1.165, 1.54) is 12.3 Å². The maximum atomic E-state index is 12.1. The largest absolute Gasteiger partial charge is 0.351 e. The number of hydrogen-bond donors (Lipinski definition) is 2. The first-order chi connectivity index (χ1) is 9.61. The average molecular weight is 280 g/mol. The van der Waals surface area contributed by atoms with Gasteiger partial charge in [-0.05, 0) is 38.8 Å². The molecule has 1 unspecified atom stereocenters. The average Bonchev–Trinajstić information content (AvgIpc) is 3.07. The molecule has 20 heavy (non-hydrogen) atoms. The van der Waals surface area contributed by atoms with Crippen LogP contribution in [-0.4, -0.2) is 35.0 Å².